The van der Waals surface area contributed by atoms with Gasteiger partial charge in [0.1, 0.15) is 5.75 Å². The van der Waals surface area contributed by atoms with E-state index in [0.717, 1.165) is 30.4 Å². The van der Waals surface area contributed by atoms with E-state index in [9.17, 15) is 5.11 Å². The van der Waals surface area contributed by atoms with Crippen molar-refractivity contribution >= 4 is 0 Å². The summed E-state index contributed by atoms with van der Waals surface area (Å²) in [5.41, 5.74) is 3.40. The third kappa shape index (κ3) is 2.22. The molecule has 18 heavy (non-hydrogen) atoms. The first-order valence-electron chi connectivity index (χ1n) is 6.74. The molecule has 0 bridgehead atoms. The van der Waals surface area contributed by atoms with Gasteiger partial charge in [-0.1, -0.05) is 49.8 Å². The molecule has 96 valence electrons. The van der Waals surface area contributed by atoms with Crippen molar-refractivity contribution in [1.82, 2.24) is 0 Å². The Morgan fingerprint density at radius 2 is 1.83 bits per heavy atom. The Labute approximate surface area is 110 Å². The molecule has 1 aliphatic rings. The third-order valence-electron chi connectivity index (χ3n) is 3.91. The standard InChI is InChI=1S/C17H22O/c1-4-8-17(9-6-5-7-10-17)15-11-13(2)16(18)14(3)12-15/h5-7,9,11-12,18H,4,8,10H2,1-3H3. The molecule has 2 rings (SSSR count). The molecule has 0 saturated carbocycles. The summed E-state index contributed by atoms with van der Waals surface area (Å²) in [6.07, 6.45) is 12.2. The Hall–Kier alpha value is -1.50. The van der Waals surface area contributed by atoms with Gasteiger partial charge in [-0.2, -0.15) is 0 Å². The fourth-order valence-electron chi connectivity index (χ4n) is 2.90. The van der Waals surface area contributed by atoms with Gasteiger partial charge >= 0.3 is 0 Å². The molecular formula is C17H22O. The maximum absolute atomic E-state index is 9.91. The van der Waals surface area contributed by atoms with Gasteiger partial charge in [0, 0.05) is 5.41 Å². The number of aryl methyl sites for hydroxylation is 2. The number of allylic oxidation sites excluding steroid dienone is 4. The molecule has 0 amide bonds. The molecule has 0 radical (unpaired) electrons. The van der Waals surface area contributed by atoms with E-state index in [1.165, 1.54) is 5.56 Å². The predicted molar refractivity (Wildman–Crippen MR) is 77.1 cm³/mol. The lowest BCUT2D eigenvalue weighted by molar-refractivity contribution is 0.460. The zero-order chi connectivity index (χ0) is 13.2. The second kappa shape index (κ2) is 5.01. The Morgan fingerprint density at radius 3 is 2.33 bits per heavy atom. The topological polar surface area (TPSA) is 20.2 Å². The van der Waals surface area contributed by atoms with Gasteiger partial charge in [-0.05, 0) is 43.4 Å². The van der Waals surface area contributed by atoms with Crippen LogP contribution in [0.2, 0.25) is 0 Å². The van der Waals surface area contributed by atoms with Crippen LogP contribution < -0.4 is 0 Å². The van der Waals surface area contributed by atoms with E-state index in [2.05, 4.69) is 43.4 Å². The second-order valence-corrected chi connectivity index (χ2v) is 5.36. The van der Waals surface area contributed by atoms with Gasteiger partial charge < -0.3 is 5.11 Å². The molecular weight excluding hydrogens is 220 g/mol. The van der Waals surface area contributed by atoms with E-state index in [4.69, 9.17) is 0 Å². The maximum atomic E-state index is 9.91. The van der Waals surface area contributed by atoms with Crippen molar-refractivity contribution in [2.24, 2.45) is 0 Å². The third-order valence-corrected chi connectivity index (χ3v) is 3.91. The normalized spacial score (nSPS) is 22.4. The molecule has 0 saturated heterocycles. The highest BCUT2D eigenvalue weighted by Crippen LogP contribution is 2.39. The van der Waals surface area contributed by atoms with Crippen LogP contribution in [0.1, 0.15) is 42.9 Å². The van der Waals surface area contributed by atoms with Crippen LogP contribution in [0.4, 0.5) is 0 Å². The largest absolute Gasteiger partial charge is 0.507 e. The van der Waals surface area contributed by atoms with Crippen molar-refractivity contribution in [3.05, 3.63) is 53.1 Å². The van der Waals surface area contributed by atoms with E-state index in [-0.39, 0.29) is 5.41 Å². The Morgan fingerprint density at radius 1 is 1.17 bits per heavy atom. The van der Waals surface area contributed by atoms with Gasteiger partial charge in [0.25, 0.3) is 0 Å². The average Bonchev–Trinajstić information content (AvgIpc) is 2.37. The van der Waals surface area contributed by atoms with Crippen LogP contribution in [0.3, 0.4) is 0 Å². The molecule has 0 aliphatic heterocycles. The molecule has 1 aromatic rings. The van der Waals surface area contributed by atoms with Gasteiger partial charge in [0.15, 0.2) is 0 Å². The minimum absolute atomic E-state index is 0.118. The fourth-order valence-corrected chi connectivity index (χ4v) is 2.90. The summed E-state index contributed by atoms with van der Waals surface area (Å²) < 4.78 is 0. The molecule has 1 aromatic carbocycles. The summed E-state index contributed by atoms with van der Waals surface area (Å²) in [6, 6.07) is 4.28. The molecule has 1 aliphatic carbocycles. The number of hydrogen-bond acceptors (Lipinski definition) is 1. The van der Waals surface area contributed by atoms with Crippen molar-refractivity contribution in [1.29, 1.82) is 0 Å². The molecule has 0 spiro atoms. The molecule has 1 heteroatoms. The second-order valence-electron chi connectivity index (χ2n) is 5.36. The van der Waals surface area contributed by atoms with E-state index >= 15 is 0 Å². The summed E-state index contributed by atoms with van der Waals surface area (Å²) >= 11 is 0. The number of rotatable bonds is 3. The lowest BCUT2D eigenvalue weighted by atomic mass is 9.71. The number of phenolic OH excluding ortho intramolecular Hbond substituents is 1. The quantitative estimate of drug-likeness (QED) is 0.823. The fraction of sp³-hybridized carbons (Fsp3) is 0.412. The highest BCUT2D eigenvalue weighted by atomic mass is 16.3. The van der Waals surface area contributed by atoms with Gasteiger partial charge in [0.05, 0.1) is 0 Å². The maximum Gasteiger partial charge on any atom is 0.121 e. The van der Waals surface area contributed by atoms with E-state index in [1.807, 2.05) is 13.8 Å². The van der Waals surface area contributed by atoms with Crippen LogP contribution in [0.25, 0.3) is 0 Å². The molecule has 0 fully saturated rings. The number of phenols is 1. The lowest BCUT2D eigenvalue weighted by Crippen LogP contribution is -2.24. The molecule has 1 unspecified atom stereocenters. The van der Waals surface area contributed by atoms with Crippen molar-refractivity contribution in [2.75, 3.05) is 0 Å². The van der Waals surface area contributed by atoms with Crippen LogP contribution >= 0.6 is 0 Å². The Balaban J connectivity index is 2.50. The zero-order valence-electron chi connectivity index (χ0n) is 11.5. The number of benzene rings is 1. The van der Waals surface area contributed by atoms with Crippen LogP contribution in [-0.2, 0) is 5.41 Å². The summed E-state index contributed by atoms with van der Waals surface area (Å²) in [6.45, 7) is 6.19. The summed E-state index contributed by atoms with van der Waals surface area (Å²) in [5, 5.41) is 9.91. The highest BCUT2D eigenvalue weighted by molar-refractivity contribution is 5.47. The molecule has 1 atom stereocenters. The molecule has 1 N–H and O–H groups in total. The summed E-state index contributed by atoms with van der Waals surface area (Å²) in [4.78, 5) is 0. The molecule has 1 nitrogen and oxygen atoms in total. The predicted octanol–water partition coefficient (Wildman–Crippen LogP) is 4.56. The lowest BCUT2D eigenvalue weighted by Gasteiger charge is -2.32. The van der Waals surface area contributed by atoms with E-state index < -0.39 is 0 Å². The van der Waals surface area contributed by atoms with E-state index in [0.29, 0.717) is 5.75 Å². The number of aromatic hydroxyl groups is 1. The summed E-state index contributed by atoms with van der Waals surface area (Å²) in [5.74, 6) is 0.431. The average molecular weight is 242 g/mol. The minimum atomic E-state index is 0.118. The van der Waals surface area contributed by atoms with Gasteiger partial charge in [-0.25, -0.2) is 0 Å². The highest BCUT2D eigenvalue weighted by Gasteiger charge is 2.29. The summed E-state index contributed by atoms with van der Waals surface area (Å²) in [7, 11) is 0. The van der Waals surface area contributed by atoms with Crippen molar-refractivity contribution < 1.29 is 5.11 Å². The molecule has 0 aromatic heterocycles. The first-order valence-corrected chi connectivity index (χ1v) is 6.74. The van der Waals surface area contributed by atoms with Crippen LogP contribution in [0.15, 0.2) is 36.4 Å². The van der Waals surface area contributed by atoms with Crippen LogP contribution in [-0.4, -0.2) is 5.11 Å². The van der Waals surface area contributed by atoms with E-state index in [1.54, 1.807) is 0 Å². The SMILES string of the molecule is CCCC1(c2cc(C)c(O)c(C)c2)C=CC=CC1. The van der Waals surface area contributed by atoms with Crippen molar-refractivity contribution in [3.8, 4) is 5.75 Å². The van der Waals surface area contributed by atoms with Crippen LogP contribution in [0, 0.1) is 13.8 Å². The van der Waals surface area contributed by atoms with Gasteiger partial charge in [-0.15, -0.1) is 0 Å². The smallest absolute Gasteiger partial charge is 0.121 e. The van der Waals surface area contributed by atoms with Gasteiger partial charge in [-0.3, -0.25) is 0 Å². The van der Waals surface area contributed by atoms with Crippen molar-refractivity contribution in [3.63, 3.8) is 0 Å². The monoisotopic (exact) mass is 242 g/mol. The van der Waals surface area contributed by atoms with Crippen LogP contribution in [0.5, 0.6) is 5.75 Å². The zero-order valence-corrected chi connectivity index (χ0v) is 11.5. The Bertz CT molecular complexity index is 473. The van der Waals surface area contributed by atoms with Crippen molar-refractivity contribution in [2.45, 2.75) is 45.4 Å². The Kier molecular flexibility index (Phi) is 3.60. The molecule has 0 heterocycles. The number of hydrogen-bond donors (Lipinski definition) is 1. The first kappa shape index (κ1) is 12.9. The van der Waals surface area contributed by atoms with Gasteiger partial charge in [0.2, 0.25) is 0 Å². The minimum Gasteiger partial charge on any atom is -0.507 e. The first-order chi connectivity index (χ1) is 8.59.